The molecule has 1 aliphatic rings. The summed E-state index contributed by atoms with van der Waals surface area (Å²) in [4.78, 5) is 21.0. The van der Waals surface area contributed by atoms with Crippen molar-refractivity contribution in [2.75, 3.05) is 0 Å². The van der Waals surface area contributed by atoms with Gasteiger partial charge in [0.25, 0.3) is 5.91 Å². The first-order valence-corrected chi connectivity index (χ1v) is 8.31. The molecule has 2 heterocycles. The molecule has 1 aromatic heterocycles. The largest absolute Gasteiger partial charge is 0.441 e. The Morgan fingerprint density at radius 2 is 2.12 bits per heavy atom. The number of nitrogens with zero attached hydrogens (tertiary/aromatic N) is 2. The molecule has 1 saturated heterocycles. The van der Waals surface area contributed by atoms with Crippen LogP contribution >= 0.6 is 11.8 Å². The van der Waals surface area contributed by atoms with Gasteiger partial charge in [-0.2, -0.15) is 0 Å². The molecule has 0 unspecified atom stereocenters. The lowest BCUT2D eigenvalue weighted by Gasteiger charge is -1.97. The number of benzene rings is 2. The number of hydrogen-bond donors (Lipinski definition) is 1. The number of hydrogen-bond acceptors (Lipinski definition) is 5. The minimum absolute atomic E-state index is 0.185. The van der Waals surface area contributed by atoms with Crippen molar-refractivity contribution >= 4 is 45.7 Å². The lowest BCUT2D eigenvalue weighted by atomic mass is 10.2. The fraction of sp³-hybridized carbons (Fsp3) is 0.0556. The molecule has 4 rings (SSSR count). The Balaban J connectivity index is 1.63. The van der Waals surface area contributed by atoms with E-state index in [1.807, 2.05) is 18.2 Å². The van der Waals surface area contributed by atoms with E-state index < -0.39 is 5.82 Å². The van der Waals surface area contributed by atoms with Gasteiger partial charge in [0.1, 0.15) is 17.0 Å². The summed E-state index contributed by atoms with van der Waals surface area (Å²) in [5, 5.41) is 2.99. The van der Waals surface area contributed by atoms with Crippen LogP contribution in [0.3, 0.4) is 0 Å². The maximum atomic E-state index is 13.7. The minimum Gasteiger partial charge on any atom is -0.441 e. The van der Waals surface area contributed by atoms with E-state index >= 15 is 0 Å². The molecule has 2 aromatic carbocycles. The number of halogens is 1. The Bertz CT molecular complexity index is 1060. The predicted molar refractivity (Wildman–Crippen MR) is 96.0 cm³/mol. The summed E-state index contributed by atoms with van der Waals surface area (Å²) in [5.41, 5.74) is 2.43. The number of carbonyl (C=O) groups excluding carboxylic acids is 1. The summed E-state index contributed by atoms with van der Waals surface area (Å²) in [6.45, 7) is 1.78. The maximum absolute atomic E-state index is 13.7. The third-order valence-corrected chi connectivity index (χ3v) is 4.45. The smallest absolute Gasteiger partial charge is 0.264 e. The Kier molecular flexibility index (Phi) is 3.85. The van der Waals surface area contributed by atoms with Crippen molar-refractivity contribution in [3.8, 4) is 0 Å². The number of rotatable bonds is 2. The second-order valence-corrected chi connectivity index (χ2v) is 6.42. The predicted octanol–water partition coefficient (Wildman–Crippen LogP) is 4.17. The molecule has 124 valence electrons. The molecule has 0 saturated carbocycles. The average Bonchev–Trinajstić information content (AvgIpc) is 3.11. The van der Waals surface area contributed by atoms with Crippen molar-refractivity contribution in [1.82, 2.24) is 10.3 Å². The van der Waals surface area contributed by atoms with Gasteiger partial charge in [-0.05, 0) is 47.7 Å². The van der Waals surface area contributed by atoms with Crippen LogP contribution in [-0.2, 0) is 4.79 Å². The molecule has 5 nitrogen and oxygen atoms in total. The summed E-state index contributed by atoms with van der Waals surface area (Å²) in [7, 11) is 0. The van der Waals surface area contributed by atoms with Gasteiger partial charge in [0.2, 0.25) is 0 Å². The number of para-hydroxylation sites is 1. The summed E-state index contributed by atoms with van der Waals surface area (Å²) in [6, 6.07) is 11.7. The first-order chi connectivity index (χ1) is 12.1. The second kappa shape index (κ2) is 6.18. The SMILES string of the molecule is Cc1nc2ccc(C=C3SC(=Nc4ccccc4F)NC3=O)cc2o1. The van der Waals surface area contributed by atoms with Crippen molar-refractivity contribution in [2.24, 2.45) is 4.99 Å². The Labute approximate surface area is 146 Å². The van der Waals surface area contributed by atoms with Gasteiger partial charge in [-0.1, -0.05) is 18.2 Å². The number of carbonyl (C=O) groups is 1. The van der Waals surface area contributed by atoms with E-state index in [1.165, 1.54) is 17.8 Å². The highest BCUT2D eigenvalue weighted by Gasteiger charge is 2.24. The molecule has 3 aromatic rings. The van der Waals surface area contributed by atoms with E-state index in [0.717, 1.165) is 11.1 Å². The number of aryl methyl sites for hydroxylation is 1. The molecule has 1 aliphatic heterocycles. The van der Waals surface area contributed by atoms with Crippen LogP contribution in [0.1, 0.15) is 11.5 Å². The number of aliphatic imine (C=N–C) groups is 1. The van der Waals surface area contributed by atoms with Gasteiger partial charge in [0.15, 0.2) is 16.6 Å². The van der Waals surface area contributed by atoms with Crippen LogP contribution in [0, 0.1) is 12.7 Å². The van der Waals surface area contributed by atoms with Crippen LogP contribution in [0.4, 0.5) is 10.1 Å². The summed E-state index contributed by atoms with van der Waals surface area (Å²) in [5.74, 6) is -0.116. The van der Waals surface area contributed by atoms with Gasteiger partial charge in [-0.15, -0.1) is 0 Å². The lowest BCUT2D eigenvalue weighted by molar-refractivity contribution is -0.115. The maximum Gasteiger partial charge on any atom is 0.264 e. The molecule has 1 amide bonds. The van der Waals surface area contributed by atoms with Crippen molar-refractivity contribution in [2.45, 2.75) is 6.92 Å². The number of oxazole rings is 1. The number of amides is 1. The van der Waals surface area contributed by atoms with E-state index in [9.17, 15) is 9.18 Å². The molecular formula is C18H12FN3O2S. The number of nitrogens with one attached hydrogen (secondary N) is 1. The van der Waals surface area contributed by atoms with E-state index in [0.29, 0.717) is 21.5 Å². The average molecular weight is 353 g/mol. The zero-order valence-corrected chi connectivity index (χ0v) is 13.9. The molecule has 0 bridgehead atoms. The highest BCUT2D eigenvalue weighted by Crippen LogP contribution is 2.29. The highest BCUT2D eigenvalue weighted by molar-refractivity contribution is 8.18. The fourth-order valence-corrected chi connectivity index (χ4v) is 3.26. The van der Waals surface area contributed by atoms with Gasteiger partial charge >= 0.3 is 0 Å². The third-order valence-electron chi connectivity index (χ3n) is 3.54. The summed E-state index contributed by atoms with van der Waals surface area (Å²) in [6.07, 6.45) is 1.74. The second-order valence-electron chi connectivity index (χ2n) is 5.39. The minimum atomic E-state index is -0.437. The van der Waals surface area contributed by atoms with Crippen molar-refractivity contribution in [3.63, 3.8) is 0 Å². The van der Waals surface area contributed by atoms with Crippen LogP contribution in [0.15, 0.2) is 56.8 Å². The Hall–Kier alpha value is -2.93. The van der Waals surface area contributed by atoms with E-state index in [1.54, 1.807) is 31.2 Å². The molecule has 0 atom stereocenters. The van der Waals surface area contributed by atoms with Crippen LogP contribution in [-0.4, -0.2) is 16.1 Å². The molecule has 25 heavy (non-hydrogen) atoms. The number of amidine groups is 1. The highest BCUT2D eigenvalue weighted by atomic mass is 32.2. The molecule has 0 radical (unpaired) electrons. The molecule has 7 heteroatoms. The topological polar surface area (TPSA) is 67.5 Å². The first-order valence-electron chi connectivity index (χ1n) is 7.50. The molecular weight excluding hydrogens is 341 g/mol. The van der Waals surface area contributed by atoms with Gasteiger partial charge in [0, 0.05) is 6.92 Å². The molecule has 0 spiro atoms. The van der Waals surface area contributed by atoms with Crippen LogP contribution in [0.2, 0.25) is 0 Å². The fourth-order valence-electron chi connectivity index (χ4n) is 2.43. The van der Waals surface area contributed by atoms with Crippen molar-refractivity contribution < 1.29 is 13.6 Å². The van der Waals surface area contributed by atoms with Gasteiger partial charge in [-0.3, -0.25) is 4.79 Å². The Morgan fingerprint density at radius 1 is 1.28 bits per heavy atom. The number of fused-ring (bicyclic) bond motifs is 1. The normalized spacial score (nSPS) is 17.6. The standard InChI is InChI=1S/C18H12FN3O2S/c1-10-20-14-7-6-11(8-15(14)24-10)9-16-17(23)22-18(25-16)21-13-5-3-2-4-12(13)19/h2-9H,1H3,(H,21,22,23). The van der Waals surface area contributed by atoms with Crippen LogP contribution in [0.5, 0.6) is 0 Å². The molecule has 0 aliphatic carbocycles. The lowest BCUT2D eigenvalue weighted by Crippen LogP contribution is -2.19. The van der Waals surface area contributed by atoms with Gasteiger partial charge in [-0.25, -0.2) is 14.4 Å². The molecule has 1 N–H and O–H groups in total. The Morgan fingerprint density at radius 3 is 2.96 bits per heavy atom. The van der Waals surface area contributed by atoms with Crippen LogP contribution in [0.25, 0.3) is 17.2 Å². The van der Waals surface area contributed by atoms with E-state index in [-0.39, 0.29) is 11.6 Å². The first kappa shape index (κ1) is 15.6. The number of thioether (sulfide) groups is 1. The van der Waals surface area contributed by atoms with Crippen molar-refractivity contribution in [3.05, 3.63) is 64.6 Å². The zero-order valence-electron chi connectivity index (χ0n) is 13.1. The monoisotopic (exact) mass is 353 g/mol. The number of aromatic nitrogens is 1. The third kappa shape index (κ3) is 3.18. The van der Waals surface area contributed by atoms with Gasteiger partial charge < -0.3 is 9.73 Å². The molecule has 1 fully saturated rings. The summed E-state index contributed by atoms with van der Waals surface area (Å²) >= 11 is 1.17. The quantitative estimate of drug-likeness (QED) is 0.702. The van der Waals surface area contributed by atoms with Crippen LogP contribution < -0.4 is 5.32 Å². The van der Waals surface area contributed by atoms with Gasteiger partial charge in [0.05, 0.1) is 4.91 Å². The van der Waals surface area contributed by atoms with E-state index in [4.69, 9.17) is 4.42 Å². The zero-order chi connectivity index (χ0) is 17.4. The van der Waals surface area contributed by atoms with E-state index in [2.05, 4.69) is 15.3 Å². The van der Waals surface area contributed by atoms with Crippen molar-refractivity contribution in [1.29, 1.82) is 0 Å². The summed E-state index contributed by atoms with van der Waals surface area (Å²) < 4.78 is 19.2.